The van der Waals surface area contributed by atoms with Crippen molar-refractivity contribution in [2.75, 3.05) is 19.6 Å². The van der Waals surface area contributed by atoms with E-state index in [-0.39, 0.29) is 0 Å². The molecule has 22 heavy (non-hydrogen) atoms. The van der Waals surface area contributed by atoms with Crippen LogP contribution in [-0.4, -0.2) is 19.6 Å². The van der Waals surface area contributed by atoms with Crippen molar-refractivity contribution in [3.05, 3.63) is 0 Å². The first kappa shape index (κ1) is 21.9. The second-order valence-corrected chi connectivity index (χ2v) is 6.84. The van der Waals surface area contributed by atoms with E-state index in [1.54, 1.807) is 0 Å². The molecule has 0 amide bonds. The van der Waals surface area contributed by atoms with E-state index in [2.05, 4.69) is 12.2 Å². The Morgan fingerprint density at radius 1 is 0.500 bits per heavy atom. The third-order valence-electron chi connectivity index (χ3n) is 4.51. The summed E-state index contributed by atoms with van der Waals surface area (Å²) in [4.78, 5) is 0. The quantitative estimate of drug-likeness (QED) is 0.296. The smallest absolute Gasteiger partial charge is 0.00489 e. The fraction of sp³-hybridized carbons (Fsp3) is 1.00. The van der Waals surface area contributed by atoms with Crippen LogP contribution < -0.4 is 11.1 Å². The molecule has 0 unspecified atom stereocenters. The third kappa shape index (κ3) is 19.9. The molecule has 0 aliphatic heterocycles. The van der Waals surface area contributed by atoms with Gasteiger partial charge in [-0.2, -0.15) is 0 Å². The second kappa shape index (κ2) is 20.9. The molecule has 0 saturated carbocycles. The Hall–Kier alpha value is -0.0800. The Morgan fingerprint density at radius 2 is 0.864 bits per heavy atom. The lowest BCUT2D eigenvalue weighted by molar-refractivity contribution is 0.528. The molecule has 0 saturated heterocycles. The fourth-order valence-corrected chi connectivity index (χ4v) is 2.96. The summed E-state index contributed by atoms with van der Waals surface area (Å²) in [5, 5.41) is 3.56. The maximum Gasteiger partial charge on any atom is -0.00489 e. The number of nitrogens with two attached hydrogens (primary N) is 1. The highest BCUT2D eigenvalue weighted by Gasteiger charge is 1.94. The lowest BCUT2D eigenvalue weighted by Crippen LogP contribution is -2.16. The molecule has 2 heteroatoms. The zero-order valence-corrected chi connectivity index (χ0v) is 15.5. The van der Waals surface area contributed by atoms with Crippen LogP contribution in [0.4, 0.5) is 0 Å². The predicted molar refractivity (Wildman–Crippen MR) is 101 cm³/mol. The van der Waals surface area contributed by atoms with Crippen LogP contribution in [0.5, 0.6) is 0 Å². The molecule has 0 aliphatic carbocycles. The van der Waals surface area contributed by atoms with Crippen molar-refractivity contribution < 1.29 is 0 Å². The molecule has 0 bridgehead atoms. The first-order valence-electron chi connectivity index (χ1n) is 10.3. The number of hydrogen-bond donors (Lipinski definition) is 2. The fourth-order valence-electron chi connectivity index (χ4n) is 2.96. The molecule has 0 aliphatic rings. The van der Waals surface area contributed by atoms with Crippen molar-refractivity contribution in [3.8, 4) is 0 Å². The minimum absolute atomic E-state index is 0.870. The minimum atomic E-state index is 0.870. The predicted octanol–water partition coefficient (Wildman–Crippen LogP) is 5.80. The second-order valence-electron chi connectivity index (χ2n) is 6.84. The van der Waals surface area contributed by atoms with E-state index in [0.29, 0.717) is 0 Å². The van der Waals surface area contributed by atoms with E-state index in [4.69, 9.17) is 5.73 Å². The van der Waals surface area contributed by atoms with E-state index in [1.807, 2.05) is 0 Å². The molecule has 0 aromatic heterocycles. The number of unbranched alkanes of at least 4 members (excludes halogenated alkanes) is 14. The lowest BCUT2D eigenvalue weighted by atomic mass is 10.0. The van der Waals surface area contributed by atoms with E-state index in [0.717, 1.165) is 6.54 Å². The first-order chi connectivity index (χ1) is 10.9. The van der Waals surface area contributed by atoms with Crippen LogP contribution in [0.25, 0.3) is 0 Å². The summed E-state index contributed by atoms with van der Waals surface area (Å²) in [5.41, 5.74) is 5.50. The van der Waals surface area contributed by atoms with Crippen LogP contribution in [0.3, 0.4) is 0 Å². The van der Waals surface area contributed by atoms with Crippen molar-refractivity contribution in [2.45, 2.75) is 110 Å². The summed E-state index contributed by atoms with van der Waals surface area (Å²) in [6.07, 6.45) is 22.4. The summed E-state index contributed by atoms with van der Waals surface area (Å²) >= 11 is 0. The van der Waals surface area contributed by atoms with E-state index >= 15 is 0 Å². The molecule has 134 valence electrons. The molecular weight excluding hydrogens is 268 g/mol. The summed E-state index contributed by atoms with van der Waals surface area (Å²) in [6, 6.07) is 0. The first-order valence-corrected chi connectivity index (χ1v) is 10.3. The van der Waals surface area contributed by atoms with Crippen LogP contribution in [0.1, 0.15) is 110 Å². The van der Waals surface area contributed by atoms with Gasteiger partial charge in [0, 0.05) is 0 Å². The van der Waals surface area contributed by atoms with Gasteiger partial charge in [0.1, 0.15) is 0 Å². The van der Waals surface area contributed by atoms with Gasteiger partial charge in [0.15, 0.2) is 0 Å². The number of hydrogen-bond acceptors (Lipinski definition) is 2. The summed E-state index contributed by atoms with van der Waals surface area (Å²) in [6.45, 7) is 5.59. The van der Waals surface area contributed by atoms with Gasteiger partial charge in [-0.3, -0.25) is 0 Å². The molecule has 0 heterocycles. The molecule has 3 N–H and O–H groups in total. The monoisotopic (exact) mass is 312 g/mol. The Morgan fingerprint density at radius 3 is 1.27 bits per heavy atom. The molecule has 0 atom stereocenters. The standard InChI is InChI=1S/C20H44N2/c1-2-3-16-19-22-20-17-14-12-10-8-6-4-5-7-9-11-13-15-18-21/h22H,2-21H2,1H3. The van der Waals surface area contributed by atoms with Crippen LogP contribution in [0, 0.1) is 0 Å². The molecular formula is C20H44N2. The van der Waals surface area contributed by atoms with Crippen LogP contribution in [0.2, 0.25) is 0 Å². The molecule has 0 rings (SSSR count). The van der Waals surface area contributed by atoms with Gasteiger partial charge in [0.25, 0.3) is 0 Å². The average molecular weight is 313 g/mol. The molecule has 0 aromatic rings. The minimum Gasteiger partial charge on any atom is -0.330 e. The van der Waals surface area contributed by atoms with E-state index in [1.165, 1.54) is 116 Å². The Bertz CT molecular complexity index is 163. The molecule has 0 aromatic carbocycles. The van der Waals surface area contributed by atoms with Gasteiger partial charge in [0.2, 0.25) is 0 Å². The Balaban J connectivity index is 2.91. The van der Waals surface area contributed by atoms with Crippen LogP contribution in [-0.2, 0) is 0 Å². The summed E-state index contributed by atoms with van der Waals surface area (Å²) in [7, 11) is 0. The topological polar surface area (TPSA) is 38.0 Å². The summed E-state index contributed by atoms with van der Waals surface area (Å²) < 4.78 is 0. The Kier molecular flexibility index (Phi) is 20.8. The normalized spacial score (nSPS) is 11.2. The Labute approximate surface area is 141 Å². The zero-order valence-electron chi connectivity index (χ0n) is 15.5. The maximum atomic E-state index is 5.50. The van der Waals surface area contributed by atoms with Crippen molar-refractivity contribution in [1.82, 2.24) is 5.32 Å². The van der Waals surface area contributed by atoms with Gasteiger partial charge in [-0.1, -0.05) is 90.4 Å². The average Bonchev–Trinajstić information content (AvgIpc) is 2.54. The van der Waals surface area contributed by atoms with Crippen LogP contribution in [0.15, 0.2) is 0 Å². The number of rotatable bonds is 19. The van der Waals surface area contributed by atoms with Gasteiger partial charge in [-0.25, -0.2) is 0 Å². The molecule has 2 nitrogen and oxygen atoms in total. The van der Waals surface area contributed by atoms with Crippen molar-refractivity contribution in [1.29, 1.82) is 0 Å². The largest absolute Gasteiger partial charge is 0.330 e. The van der Waals surface area contributed by atoms with Crippen molar-refractivity contribution >= 4 is 0 Å². The molecule has 0 spiro atoms. The SMILES string of the molecule is CCCCCNCCCCCCCCCCCCCCCN. The van der Waals surface area contributed by atoms with Gasteiger partial charge in [0.05, 0.1) is 0 Å². The third-order valence-corrected chi connectivity index (χ3v) is 4.51. The lowest BCUT2D eigenvalue weighted by Gasteiger charge is -2.05. The van der Waals surface area contributed by atoms with Crippen molar-refractivity contribution in [3.63, 3.8) is 0 Å². The van der Waals surface area contributed by atoms with E-state index < -0.39 is 0 Å². The molecule has 0 fully saturated rings. The zero-order chi connectivity index (χ0) is 16.1. The number of nitrogens with one attached hydrogen (secondary N) is 1. The van der Waals surface area contributed by atoms with Gasteiger partial charge in [-0.15, -0.1) is 0 Å². The highest BCUT2D eigenvalue weighted by Crippen LogP contribution is 2.12. The summed E-state index contributed by atoms with van der Waals surface area (Å²) in [5.74, 6) is 0. The van der Waals surface area contributed by atoms with Gasteiger partial charge < -0.3 is 11.1 Å². The maximum absolute atomic E-state index is 5.50. The van der Waals surface area contributed by atoms with Gasteiger partial charge >= 0.3 is 0 Å². The van der Waals surface area contributed by atoms with E-state index in [9.17, 15) is 0 Å². The highest BCUT2D eigenvalue weighted by atomic mass is 14.8. The highest BCUT2D eigenvalue weighted by molar-refractivity contribution is 4.52. The molecule has 0 radical (unpaired) electrons. The van der Waals surface area contributed by atoms with Crippen LogP contribution >= 0.6 is 0 Å². The van der Waals surface area contributed by atoms with Gasteiger partial charge in [-0.05, 0) is 38.9 Å². The van der Waals surface area contributed by atoms with Crippen molar-refractivity contribution in [2.24, 2.45) is 5.73 Å².